The molecular formula is C16H18N2O4S. The molecule has 0 radical (unpaired) electrons. The zero-order valence-electron chi connectivity index (χ0n) is 12.9. The molecule has 6 nitrogen and oxygen atoms in total. The monoisotopic (exact) mass is 334 g/mol. The van der Waals surface area contributed by atoms with Gasteiger partial charge in [0.25, 0.3) is 0 Å². The van der Waals surface area contributed by atoms with Crippen molar-refractivity contribution in [2.24, 2.45) is 0 Å². The Bertz CT molecular complexity index is 776. The van der Waals surface area contributed by atoms with Gasteiger partial charge in [-0.05, 0) is 24.3 Å². The molecule has 0 unspecified atom stereocenters. The average molecular weight is 334 g/mol. The van der Waals surface area contributed by atoms with Gasteiger partial charge in [-0.2, -0.15) is 0 Å². The predicted molar refractivity (Wildman–Crippen MR) is 90.3 cm³/mol. The molecule has 2 aromatic rings. The lowest BCUT2D eigenvalue weighted by Crippen LogP contribution is -2.37. The summed E-state index contributed by atoms with van der Waals surface area (Å²) in [5, 5.41) is 2.66. The highest BCUT2D eigenvalue weighted by atomic mass is 32.2. The normalized spacial score (nSPS) is 10.9. The highest BCUT2D eigenvalue weighted by Crippen LogP contribution is 2.19. The second kappa shape index (κ2) is 7.15. The lowest BCUT2D eigenvalue weighted by Gasteiger charge is -2.21. The fourth-order valence-electron chi connectivity index (χ4n) is 2.03. The zero-order chi connectivity index (χ0) is 16.9. The largest absolute Gasteiger partial charge is 0.497 e. The van der Waals surface area contributed by atoms with Crippen LogP contribution in [0.15, 0.2) is 54.6 Å². The van der Waals surface area contributed by atoms with Crippen LogP contribution in [0.2, 0.25) is 0 Å². The van der Waals surface area contributed by atoms with Gasteiger partial charge in [0.15, 0.2) is 0 Å². The first-order chi connectivity index (χ1) is 10.9. The Labute approximate surface area is 135 Å². The first-order valence-electron chi connectivity index (χ1n) is 6.87. The Morgan fingerprint density at radius 1 is 1.13 bits per heavy atom. The molecule has 0 aliphatic heterocycles. The summed E-state index contributed by atoms with van der Waals surface area (Å²) in [6.45, 7) is -0.305. The minimum absolute atomic E-state index is 0.305. The lowest BCUT2D eigenvalue weighted by atomic mass is 10.3. The van der Waals surface area contributed by atoms with Gasteiger partial charge in [-0.15, -0.1) is 0 Å². The molecule has 1 amide bonds. The number of nitrogens with zero attached hydrogens (tertiary/aromatic N) is 1. The lowest BCUT2D eigenvalue weighted by molar-refractivity contribution is -0.114. The number of rotatable bonds is 6. The Balaban J connectivity index is 2.15. The van der Waals surface area contributed by atoms with E-state index < -0.39 is 15.9 Å². The zero-order valence-corrected chi connectivity index (χ0v) is 13.7. The Hall–Kier alpha value is -2.54. The standard InChI is InChI=1S/C16H18N2O4S/c1-22-15-10-6-7-13(11-15)17-16(19)12-18(23(2,20)21)14-8-4-3-5-9-14/h3-11H,12H2,1-2H3,(H,17,19). The SMILES string of the molecule is COc1cccc(NC(=O)CN(c2ccccc2)S(C)(=O)=O)c1. The summed E-state index contributed by atoms with van der Waals surface area (Å²) in [7, 11) is -2.04. The number of anilines is 2. The maximum atomic E-state index is 12.2. The van der Waals surface area contributed by atoms with Crippen LogP contribution in [0.1, 0.15) is 0 Å². The molecule has 0 bridgehead atoms. The third kappa shape index (κ3) is 4.72. The van der Waals surface area contributed by atoms with E-state index >= 15 is 0 Å². The maximum absolute atomic E-state index is 12.2. The van der Waals surface area contributed by atoms with E-state index in [1.54, 1.807) is 54.6 Å². The number of carbonyl (C=O) groups is 1. The summed E-state index contributed by atoms with van der Waals surface area (Å²) in [5.41, 5.74) is 0.978. The number of nitrogens with one attached hydrogen (secondary N) is 1. The van der Waals surface area contributed by atoms with Gasteiger partial charge in [0.2, 0.25) is 15.9 Å². The molecule has 122 valence electrons. The van der Waals surface area contributed by atoms with E-state index in [1.807, 2.05) is 0 Å². The molecule has 0 aromatic heterocycles. The van der Waals surface area contributed by atoms with Crippen molar-refractivity contribution in [3.63, 3.8) is 0 Å². The summed E-state index contributed by atoms with van der Waals surface area (Å²) in [6, 6.07) is 15.3. The number of hydrogen-bond acceptors (Lipinski definition) is 4. The van der Waals surface area contributed by atoms with Crippen LogP contribution in [0.3, 0.4) is 0 Å². The third-order valence-corrected chi connectivity index (χ3v) is 4.23. The van der Waals surface area contributed by atoms with E-state index in [0.717, 1.165) is 10.6 Å². The number of sulfonamides is 1. The highest BCUT2D eigenvalue weighted by Gasteiger charge is 2.20. The highest BCUT2D eigenvalue weighted by molar-refractivity contribution is 7.92. The fourth-order valence-corrected chi connectivity index (χ4v) is 2.88. The first kappa shape index (κ1) is 16.8. The molecule has 0 heterocycles. The molecule has 1 N–H and O–H groups in total. The summed E-state index contributed by atoms with van der Waals surface area (Å²) < 4.78 is 30.0. The molecule has 0 aliphatic rings. The molecule has 0 fully saturated rings. The molecule has 0 saturated heterocycles. The molecule has 2 rings (SSSR count). The molecule has 2 aromatic carbocycles. The van der Waals surface area contributed by atoms with Crippen LogP contribution in [0, 0.1) is 0 Å². The Morgan fingerprint density at radius 2 is 1.83 bits per heavy atom. The van der Waals surface area contributed by atoms with Crippen molar-refractivity contribution in [1.82, 2.24) is 0 Å². The van der Waals surface area contributed by atoms with Crippen molar-refractivity contribution in [1.29, 1.82) is 0 Å². The van der Waals surface area contributed by atoms with E-state index in [2.05, 4.69) is 5.32 Å². The van der Waals surface area contributed by atoms with Gasteiger partial charge < -0.3 is 10.1 Å². The molecular weight excluding hydrogens is 316 g/mol. The van der Waals surface area contributed by atoms with E-state index in [-0.39, 0.29) is 6.54 Å². The predicted octanol–water partition coefficient (Wildman–Crippen LogP) is 2.10. The summed E-state index contributed by atoms with van der Waals surface area (Å²) in [6.07, 6.45) is 1.07. The average Bonchev–Trinajstić information content (AvgIpc) is 2.52. The van der Waals surface area contributed by atoms with Gasteiger partial charge in [0, 0.05) is 11.8 Å². The second-order valence-corrected chi connectivity index (χ2v) is 6.79. The number of methoxy groups -OCH3 is 1. The third-order valence-electron chi connectivity index (χ3n) is 3.09. The maximum Gasteiger partial charge on any atom is 0.245 e. The molecule has 7 heteroatoms. The van der Waals surface area contributed by atoms with Crippen LogP contribution < -0.4 is 14.4 Å². The Morgan fingerprint density at radius 3 is 2.43 bits per heavy atom. The van der Waals surface area contributed by atoms with Crippen LogP contribution in [0.25, 0.3) is 0 Å². The number of amides is 1. The van der Waals surface area contributed by atoms with Crippen molar-refractivity contribution >= 4 is 27.3 Å². The van der Waals surface area contributed by atoms with Crippen molar-refractivity contribution < 1.29 is 17.9 Å². The van der Waals surface area contributed by atoms with Crippen LogP contribution in [-0.2, 0) is 14.8 Å². The van der Waals surface area contributed by atoms with E-state index in [9.17, 15) is 13.2 Å². The minimum Gasteiger partial charge on any atom is -0.497 e. The summed E-state index contributed by atoms with van der Waals surface area (Å²) in [5.74, 6) is 0.165. The number of hydrogen-bond donors (Lipinski definition) is 1. The fraction of sp³-hybridized carbons (Fsp3) is 0.188. The van der Waals surface area contributed by atoms with Crippen LogP contribution in [0.5, 0.6) is 5.75 Å². The number of carbonyl (C=O) groups excluding carboxylic acids is 1. The van der Waals surface area contributed by atoms with Crippen molar-refractivity contribution in [2.45, 2.75) is 0 Å². The van der Waals surface area contributed by atoms with E-state index in [1.165, 1.54) is 7.11 Å². The number of ether oxygens (including phenoxy) is 1. The van der Waals surface area contributed by atoms with Gasteiger partial charge in [-0.1, -0.05) is 24.3 Å². The van der Waals surface area contributed by atoms with Gasteiger partial charge in [-0.25, -0.2) is 8.42 Å². The molecule has 0 saturated carbocycles. The first-order valence-corrected chi connectivity index (χ1v) is 8.71. The molecule has 0 spiro atoms. The summed E-state index contributed by atoms with van der Waals surface area (Å²) >= 11 is 0. The quantitative estimate of drug-likeness (QED) is 0.878. The Kier molecular flexibility index (Phi) is 5.23. The van der Waals surface area contributed by atoms with E-state index in [0.29, 0.717) is 17.1 Å². The number of para-hydroxylation sites is 1. The summed E-state index contributed by atoms with van der Waals surface area (Å²) in [4.78, 5) is 12.2. The van der Waals surface area contributed by atoms with Crippen molar-refractivity contribution in [2.75, 3.05) is 29.5 Å². The van der Waals surface area contributed by atoms with Gasteiger partial charge in [-0.3, -0.25) is 9.10 Å². The van der Waals surface area contributed by atoms with Crippen LogP contribution in [-0.4, -0.2) is 34.2 Å². The molecule has 0 atom stereocenters. The van der Waals surface area contributed by atoms with Crippen LogP contribution >= 0.6 is 0 Å². The van der Waals surface area contributed by atoms with Crippen LogP contribution in [0.4, 0.5) is 11.4 Å². The van der Waals surface area contributed by atoms with Gasteiger partial charge >= 0.3 is 0 Å². The van der Waals surface area contributed by atoms with Gasteiger partial charge in [0.05, 0.1) is 19.1 Å². The smallest absolute Gasteiger partial charge is 0.245 e. The van der Waals surface area contributed by atoms with Crippen molar-refractivity contribution in [3.8, 4) is 5.75 Å². The van der Waals surface area contributed by atoms with E-state index in [4.69, 9.17) is 4.74 Å². The molecule has 0 aliphatic carbocycles. The topological polar surface area (TPSA) is 75.7 Å². The number of benzene rings is 2. The molecule has 23 heavy (non-hydrogen) atoms. The second-order valence-electron chi connectivity index (χ2n) is 4.89. The van der Waals surface area contributed by atoms with Gasteiger partial charge in [0.1, 0.15) is 12.3 Å². The van der Waals surface area contributed by atoms with Crippen molar-refractivity contribution in [3.05, 3.63) is 54.6 Å². The minimum atomic E-state index is -3.57.